The van der Waals surface area contributed by atoms with Crippen molar-refractivity contribution in [1.82, 2.24) is 9.55 Å². The second kappa shape index (κ2) is 9.73. The number of benzene rings is 1. The molecular weight excluding hydrogens is 436 g/mol. The number of nitrogen functional groups attached to an aromatic ring is 1. The van der Waals surface area contributed by atoms with Gasteiger partial charge < -0.3 is 10.6 Å². The second-order valence-electron chi connectivity index (χ2n) is 7.70. The van der Waals surface area contributed by atoms with Gasteiger partial charge in [0, 0.05) is 23.6 Å². The minimum Gasteiger partial charge on any atom is -0.383 e. The molecule has 156 valence electrons. The number of amides is 1. The van der Waals surface area contributed by atoms with E-state index >= 15 is 0 Å². The zero-order chi connectivity index (χ0) is 21.7. The summed E-state index contributed by atoms with van der Waals surface area (Å²) in [5.41, 5.74) is 5.78. The molecule has 3 N–H and O–H groups in total. The van der Waals surface area contributed by atoms with Crippen LogP contribution in [0.25, 0.3) is 6.08 Å². The van der Waals surface area contributed by atoms with Crippen LogP contribution in [0.1, 0.15) is 33.3 Å². The summed E-state index contributed by atoms with van der Waals surface area (Å²) < 4.78 is 2.15. The molecule has 0 unspecified atom stereocenters. The Morgan fingerprint density at radius 1 is 1.21 bits per heavy atom. The van der Waals surface area contributed by atoms with E-state index in [1.54, 1.807) is 6.08 Å². The van der Waals surface area contributed by atoms with E-state index in [1.807, 2.05) is 52.0 Å². The van der Waals surface area contributed by atoms with Crippen molar-refractivity contribution in [2.24, 2.45) is 11.8 Å². The van der Waals surface area contributed by atoms with Gasteiger partial charge in [-0.3, -0.25) is 19.1 Å². The molecular formula is C21H27BrN4O3. The standard InChI is InChI=1S/C21H27BrN4O3/c1-13(2)11-25(17(27)10-9-15-7-5-6-8-16(15)22)18-19(23)26(12-14(3)4)21(29)24-20(18)28/h5-10,13-14H,11-12,23H2,1-4H3,(H,24,28,29)/b10-9+. The summed E-state index contributed by atoms with van der Waals surface area (Å²) in [5.74, 6) is -0.171. The first-order valence-electron chi connectivity index (χ1n) is 9.48. The topological polar surface area (TPSA) is 101 Å². The molecule has 0 saturated heterocycles. The van der Waals surface area contributed by atoms with Gasteiger partial charge in [-0.2, -0.15) is 0 Å². The van der Waals surface area contributed by atoms with Gasteiger partial charge in [-0.15, -0.1) is 0 Å². The highest BCUT2D eigenvalue weighted by atomic mass is 79.9. The van der Waals surface area contributed by atoms with Crippen molar-refractivity contribution in [3.05, 3.63) is 61.2 Å². The maximum atomic E-state index is 13.0. The summed E-state index contributed by atoms with van der Waals surface area (Å²) in [7, 11) is 0. The van der Waals surface area contributed by atoms with Crippen LogP contribution in [-0.2, 0) is 11.3 Å². The molecule has 29 heavy (non-hydrogen) atoms. The van der Waals surface area contributed by atoms with Gasteiger partial charge in [0.15, 0.2) is 5.69 Å². The molecule has 0 fully saturated rings. The molecule has 2 aromatic rings. The van der Waals surface area contributed by atoms with Crippen LogP contribution < -0.4 is 21.9 Å². The van der Waals surface area contributed by atoms with Crippen molar-refractivity contribution in [2.45, 2.75) is 34.2 Å². The predicted molar refractivity (Wildman–Crippen MR) is 121 cm³/mol. The van der Waals surface area contributed by atoms with Crippen LogP contribution in [0.15, 0.2) is 44.4 Å². The minimum absolute atomic E-state index is 0.000673. The lowest BCUT2D eigenvalue weighted by Crippen LogP contribution is -2.42. The highest BCUT2D eigenvalue weighted by Gasteiger charge is 2.24. The molecule has 0 radical (unpaired) electrons. The van der Waals surface area contributed by atoms with Crippen molar-refractivity contribution in [3.63, 3.8) is 0 Å². The normalized spacial score (nSPS) is 11.6. The molecule has 8 heteroatoms. The molecule has 1 amide bonds. The third kappa shape index (κ3) is 5.69. The Labute approximate surface area is 178 Å². The van der Waals surface area contributed by atoms with Crippen molar-refractivity contribution in [1.29, 1.82) is 0 Å². The lowest BCUT2D eigenvalue weighted by atomic mass is 10.1. The van der Waals surface area contributed by atoms with Crippen molar-refractivity contribution in [3.8, 4) is 0 Å². The van der Waals surface area contributed by atoms with Gasteiger partial charge in [0.2, 0.25) is 0 Å². The fraction of sp³-hybridized carbons (Fsp3) is 0.381. The lowest BCUT2D eigenvalue weighted by Gasteiger charge is -2.25. The molecule has 1 heterocycles. The Balaban J connectivity index is 2.52. The highest BCUT2D eigenvalue weighted by molar-refractivity contribution is 9.10. The average molecular weight is 463 g/mol. The average Bonchev–Trinajstić information content (AvgIpc) is 2.62. The Hall–Kier alpha value is -2.61. The first-order chi connectivity index (χ1) is 13.6. The van der Waals surface area contributed by atoms with E-state index in [2.05, 4.69) is 20.9 Å². The molecule has 0 atom stereocenters. The first kappa shape index (κ1) is 22.7. The number of aromatic amines is 1. The summed E-state index contributed by atoms with van der Waals surface area (Å²) in [6.45, 7) is 8.37. The fourth-order valence-corrected chi connectivity index (χ4v) is 3.32. The SMILES string of the molecule is CC(C)CN(C(=O)/C=C/c1ccccc1Br)c1c(N)n(CC(C)C)c(=O)[nH]c1=O. The van der Waals surface area contributed by atoms with Crippen LogP contribution in [0, 0.1) is 11.8 Å². The number of carbonyl (C=O) groups is 1. The summed E-state index contributed by atoms with van der Waals surface area (Å²) >= 11 is 3.44. The van der Waals surface area contributed by atoms with Crippen LogP contribution in [0.3, 0.4) is 0 Å². The van der Waals surface area contributed by atoms with E-state index in [1.165, 1.54) is 15.5 Å². The molecule has 2 rings (SSSR count). The molecule has 0 aliphatic carbocycles. The maximum Gasteiger partial charge on any atom is 0.330 e. The fourth-order valence-electron chi connectivity index (χ4n) is 2.90. The third-order valence-electron chi connectivity index (χ3n) is 4.16. The summed E-state index contributed by atoms with van der Waals surface area (Å²) in [6.07, 6.45) is 3.08. The predicted octanol–water partition coefficient (Wildman–Crippen LogP) is 3.24. The number of H-pyrrole nitrogens is 1. The Kier molecular flexibility index (Phi) is 7.61. The van der Waals surface area contributed by atoms with Gasteiger partial charge in [0.1, 0.15) is 5.82 Å². The largest absolute Gasteiger partial charge is 0.383 e. The molecule has 0 saturated carbocycles. The maximum absolute atomic E-state index is 13.0. The van der Waals surface area contributed by atoms with Gasteiger partial charge in [0.05, 0.1) is 0 Å². The summed E-state index contributed by atoms with van der Waals surface area (Å²) in [5, 5.41) is 0. The van der Waals surface area contributed by atoms with Crippen molar-refractivity contribution in [2.75, 3.05) is 17.2 Å². The molecule has 1 aromatic carbocycles. The zero-order valence-corrected chi connectivity index (χ0v) is 18.7. The van der Waals surface area contributed by atoms with Gasteiger partial charge in [-0.05, 0) is 29.5 Å². The lowest BCUT2D eigenvalue weighted by molar-refractivity contribution is -0.114. The van der Waals surface area contributed by atoms with E-state index in [9.17, 15) is 14.4 Å². The van der Waals surface area contributed by atoms with E-state index in [-0.39, 0.29) is 35.8 Å². The molecule has 7 nitrogen and oxygen atoms in total. The summed E-state index contributed by atoms with van der Waals surface area (Å²) in [6, 6.07) is 7.49. The summed E-state index contributed by atoms with van der Waals surface area (Å²) in [4.78, 5) is 41.4. The van der Waals surface area contributed by atoms with Crippen LogP contribution in [0.5, 0.6) is 0 Å². The van der Waals surface area contributed by atoms with E-state index < -0.39 is 11.2 Å². The number of hydrogen-bond acceptors (Lipinski definition) is 4. The van der Waals surface area contributed by atoms with Gasteiger partial charge in [0.25, 0.3) is 11.5 Å². The number of halogens is 1. The van der Waals surface area contributed by atoms with Crippen LogP contribution in [0.2, 0.25) is 0 Å². The number of carbonyl (C=O) groups excluding carboxylic acids is 1. The number of nitrogens with one attached hydrogen (secondary N) is 1. The third-order valence-corrected chi connectivity index (χ3v) is 4.88. The van der Waals surface area contributed by atoms with E-state index in [0.717, 1.165) is 10.0 Å². The van der Waals surface area contributed by atoms with E-state index in [4.69, 9.17) is 5.73 Å². The zero-order valence-electron chi connectivity index (χ0n) is 17.1. The smallest absolute Gasteiger partial charge is 0.330 e. The van der Waals surface area contributed by atoms with Gasteiger partial charge in [-0.25, -0.2) is 4.79 Å². The molecule has 0 bridgehead atoms. The molecule has 1 aromatic heterocycles. The van der Waals surface area contributed by atoms with Gasteiger partial charge >= 0.3 is 5.69 Å². The number of rotatable bonds is 7. The quantitative estimate of drug-likeness (QED) is 0.616. The van der Waals surface area contributed by atoms with Crippen LogP contribution in [0.4, 0.5) is 11.5 Å². The molecule has 0 spiro atoms. The minimum atomic E-state index is -0.671. The number of nitrogens with zero attached hydrogens (tertiary/aromatic N) is 2. The number of anilines is 2. The number of nitrogens with two attached hydrogens (primary N) is 1. The first-order valence-corrected chi connectivity index (χ1v) is 10.3. The van der Waals surface area contributed by atoms with Crippen LogP contribution >= 0.6 is 15.9 Å². The monoisotopic (exact) mass is 462 g/mol. The van der Waals surface area contributed by atoms with Crippen LogP contribution in [-0.4, -0.2) is 22.0 Å². The Morgan fingerprint density at radius 3 is 2.45 bits per heavy atom. The van der Waals surface area contributed by atoms with Crippen molar-refractivity contribution < 1.29 is 4.79 Å². The number of aromatic nitrogens is 2. The van der Waals surface area contributed by atoms with E-state index in [0.29, 0.717) is 6.54 Å². The number of hydrogen-bond donors (Lipinski definition) is 2. The van der Waals surface area contributed by atoms with Gasteiger partial charge in [-0.1, -0.05) is 61.8 Å². The Morgan fingerprint density at radius 2 is 1.86 bits per heavy atom. The van der Waals surface area contributed by atoms with Crippen molar-refractivity contribution >= 4 is 39.4 Å². The molecule has 0 aliphatic heterocycles. The second-order valence-corrected chi connectivity index (χ2v) is 8.55. The Bertz CT molecular complexity index is 1020. The highest BCUT2D eigenvalue weighted by Crippen LogP contribution is 2.21. The molecule has 0 aliphatic rings.